The molecule has 0 N–H and O–H groups in total. The highest BCUT2D eigenvalue weighted by atomic mass is 32.1. The van der Waals surface area contributed by atoms with Crippen LogP contribution in [0.2, 0.25) is 0 Å². The van der Waals surface area contributed by atoms with Crippen LogP contribution in [-0.2, 0) is 12.8 Å². The number of hydrogen-bond donors (Lipinski definition) is 0. The Balaban J connectivity index is 1.66. The van der Waals surface area contributed by atoms with Gasteiger partial charge in [0.25, 0.3) is 0 Å². The molecule has 0 saturated heterocycles. The third kappa shape index (κ3) is 4.09. The fourth-order valence-corrected chi connectivity index (χ4v) is 5.77. The van der Waals surface area contributed by atoms with Crippen molar-refractivity contribution in [3.05, 3.63) is 69.1 Å². The van der Waals surface area contributed by atoms with Crippen LogP contribution in [0, 0.1) is 42.3 Å². The summed E-state index contributed by atoms with van der Waals surface area (Å²) in [6, 6.07) is 11.0. The Bertz CT molecular complexity index is 1180. The lowest BCUT2D eigenvalue weighted by molar-refractivity contribution is 0.218. The number of aryl methyl sites for hydroxylation is 1. The van der Waals surface area contributed by atoms with E-state index < -0.39 is 0 Å². The maximum atomic E-state index is 13.3. The predicted octanol–water partition coefficient (Wildman–Crippen LogP) is 7.07. The van der Waals surface area contributed by atoms with Crippen molar-refractivity contribution < 1.29 is 4.39 Å². The molecule has 0 saturated carbocycles. The minimum absolute atomic E-state index is 0.243. The lowest BCUT2D eigenvalue weighted by atomic mass is 9.72. The minimum Gasteiger partial charge on any atom is -0.318 e. The SMILES string of the molecule is Cc1cc(C=Nc2sc3c(c2C#N)CC[C@@H](C(C)(C)C)C3)c(C)n1-c1ccc(F)cc1. The molecular formula is C26H28FN3S. The average molecular weight is 434 g/mol. The van der Waals surface area contributed by atoms with Gasteiger partial charge in [-0.05, 0) is 80.3 Å². The summed E-state index contributed by atoms with van der Waals surface area (Å²) in [6.45, 7) is 11.0. The molecule has 1 atom stereocenters. The summed E-state index contributed by atoms with van der Waals surface area (Å²) in [5.41, 5.74) is 6.26. The van der Waals surface area contributed by atoms with E-state index in [1.54, 1.807) is 23.5 Å². The summed E-state index contributed by atoms with van der Waals surface area (Å²) in [4.78, 5) is 6.09. The Morgan fingerprint density at radius 1 is 1.23 bits per heavy atom. The van der Waals surface area contributed by atoms with E-state index in [2.05, 4.69) is 37.5 Å². The Labute approximate surface area is 187 Å². The largest absolute Gasteiger partial charge is 0.318 e. The van der Waals surface area contributed by atoms with E-state index in [-0.39, 0.29) is 11.2 Å². The monoisotopic (exact) mass is 433 g/mol. The fourth-order valence-electron chi connectivity index (χ4n) is 4.55. The molecule has 0 fully saturated rings. The quantitative estimate of drug-likeness (QED) is 0.407. The highest BCUT2D eigenvalue weighted by molar-refractivity contribution is 7.16. The molecule has 31 heavy (non-hydrogen) atoms. The van der Waals surface area contributed by atoms with Gasteiger partial charge in [-0.15, -0.1) is 11.3 Å². The van der Waals surface area contributed by atoms with Crippen molar-refractivity contribution in [1.29, 1.82) is 5.26 Å². The first-order chi connectivity index (χ1) is 14.7. The number of hydrogen-bond acceptors (Lipinski definition) is 3. The van der Waals surface area contributed by atoms with Crippen LogP contribution in [0.3, 0.4) is 0 Å². The van der Waals surface area contributed by atoms with Gasteiger partial charge in [-0.2, -0.15) is 5.26 Å². The Morgan fingerprint density at radius 3 is 2.58 bits per heavy atom. The molecule has 0 amide bonds. The molecule has 0 aliphatic heterocycles. The van der Waals surface area contributed by atoms with Crippen molar-refractivity contribution in [3.8, 4) is 11.8 Å². The number of nitrogens with zero attached hydrogens (tertiary/aromatic N) is 3. The third-order valence-corrected chi connectivity index (χ3v) is 7.62. The molecule has 3 aromatic rings. The summed E-state index contributed by atoms with van der Waals surface area (Å²) >= 11 is 1.67. The van der Waals surface area contributed by atoms with Gasteiger partial charge in [-0.1, -0.05) is 20.8 Å². The van der Waals surface area contributed by atoms with Crippen LogP contribution in [-0.4, -0.2) is 10.8 Å². The Morgan fingerprint density at radius 2 is 1.94 bits per heavy atom. The maximum absolute atomic E-state index is 13.3. The van der Waals surface area contributed by atoms with Crippen molar-refractivity contribution in [2.24, 2.45) is 16.3 Å². The van der Waals surface area contributed by atoms with Gasteiger partial charge in [0.15, 0.2) is 0 Å². The molecule has 160 valence electrons. The normalized spacial score (nSPS) is 16.5. The molecule has 1 aliphatic carbocycles. The highest BCUT2D eigenvalue weighted by Gasteiger charge is 2.32. The van der Waals surface area contributed by atoms with Gasteiger partial charge in [-0.3, -0.25) is 0 Å². The molecule has 2 aromatic heterocycles. The number of thiophene rings is 1. The first kappa shape index (κ1) is 21.5. The van der Waals surface area contributed by atoms with Crippen LogP contribution in [0.5, 0.6) is 0 Å². The second kappa shape index (κ2) is 8.09. The third-order valence-electron chi connectivity index (χ3n) is 6.46. The molecular weight excluding hydrogens is 405 g/mol. The van der Waals surface area contributed by atoms with Crippen molar-refractivity contribution >= 4 is 22.6 Å². The van der Waals surface area contributed by atoms with E-state index in [0.29, 0.717) is 5.92 Å². The molecule has 0 bridgehead atoms. The number of aliphatic imine (C=N–C) groups is 1. The van der Waals surface area contributed by atoms with Crippen LogP contribution in [0.25, 0.3) is 5.69 Å². The first-order valence-electron chi connectivity index (χ1n) is 10.7. The molecule has 0 unspecified atom stereocenters. The van der Waals surface area contributed by atoms with Crippen molar-refractivity contribution in [2.45, 2.75) is 53.9 Å². The molecule has 3 nitrogen and oxygen atoms in total. The number of fused-ring (bicyclic) bond motifs is 1. The van der Waals surface area contributed by atoms with Crippen LogP contribution in [0.15, 0.2) is 35.3 Å². The van der Waals surface area contributed by atoms with Crippen LogP contribution < -0.4 is 0 Å². The summed E-state index contributed by atoms with van der Waals surface area (Å²) in [6.07, 6.45) is 4.99. The van der Waals surface area contributed by atoms with Gasteiger partial charge in [0.05, 0.1) is 5.56 Å². The molecule has 0 spiro atoms. The Kier molecular flexibility index (Phi) is 5.61. The summed E-state index contributed by atoms with van der Waals surface area (Å²) in [5.74, 6) is 0.393. The van der Waals surface area contributed by atoms with Gasteiger partial charge in [0, 0.05) is 33.7 Å². The standard InChI is InChI=1S/C26H28FN3S/c1-16-12-18(17(2)30(16)21-9-7-20(27)8-10-21)15-29-25-23(14-28)22-11-6-19(26(3,4)5)13-24(22)31-25/h7-10,12,15,19H,6,11,13H2,1-5H3/t19-/m1/s1. The van der Waals surface area contributed by atoms with Gasteiger partial charge in [-0.25, -0.2) is 9.38 Å². The number of rotatable bonds is 3. The smallest absolute Gasteiger partial charge is 0.134 e. The summed E-state index contributed by atoms with van der Waals surface area (Å²) < 4.78 is 15.4. The van der Waals surface area contributed by atoms with Gasteiger partial charge >= 0.3 is 0 Å². The van der Waals surface area contributed by atoms with Crippen LogP contribution in [0.1, 0.15) is 60.1 Å². The second-order valence-electron chi connectivity index (χ2n) is 9.50. The van der Waals surface area contributed by atoms with Gasteiger partial charge in [0.1, 0.15) is 16.9 Å². The lowest BCUT2D eigenvalue weighted by Crippen LogP contribution is -2.26. The summed E-state index contributed by atoms with van der Waals surface area (Å²) in [5, 5.41) is 10.6. The number of halogens is 1. The van der Waals surface area contributed by atoms with E-state index in [1.165, 1.54) is 22.6 Å². The number of aromatic nitrogens is 1. The van der Waals surface area contributed by atoms with E-state index in [4.69, 9.17) is 4.99 Å². The molecule has 0 radical (unpaired) electrons. The average Bonchev–Trinajstić information content (AvgIpc) is 3.22. The first-order valence-corrected chi connectivity index (χ1v) is 11.5. The van der Waals surface area contributed by atoms with Crippen LogP contribution in [0.4, 0.5) is 9.39 Å². The highest BCUT2D eigenvalue weighted by Crippen LogP contribution is 2.44. The molecule has 5 heteroatoms. The van der Waals surface area contributed by atoms with Crippen molar-refractivity contribution in [1.82, 2.24) is 4.57 Å². The van der Waals surface area contributed by atoms with E-state index in [9.17, 15) is 9.65 Å². The maximum Gasteiger partial charge on any atom is 0.134 e. The zero-order valence-corrected chi connectivity index (χ0v) is 19.6. The van der Waals surface area contributed by atoms with Crippen molar-refractivity contribution in [3.63, 3.8) is 0 Å². The zero-order chi connectivity index (χ0) is 22.3. The van der Waals surface area contributed by atoms with E-state index in [0.717, 1.165) is 52.5 Å². The lowest BCUT2D eigenvalue weighted by Gasteiger charge is -2.33. The molecule has 4 rings (SSSR count). The number of benzene rings is 1. The fraction of sp³-hybridized carbons (Fsp3) is 0.385. The van der Waals surface area contributed by atoms with Gasteiger partial charge in [0.2, 0.25) is 0 Å². The van der Waals surface area contributed by atoms with E-state index >= 15 is 0 Å². The number of nitriles is 1. The summed E-state index contributed by atoms with van der Waals surface area (Å²) in [7, 11) is 0. The predicted molar refractivity (Wildman–Crippen MR) is 126 cm³/mol. The van der Waals surface area contributed by atoms with Crippen LogP contribution >= 0.6 is 11.3 Å². The van der Waals surface area contributed by atoms with Crippen molar-refractivity contribution in [2.75, 3.05) is 0 Å². The molecule has 1 aliphatic rings. The van der Waals surface area contributed by atoms with E-state index in [1.807, 2.05) is 20.1 Å². The zero-order valence-electron chi connectivity index (χ0n) is 18.8. The second-order valence-corrected chi connectivity index (χ2v) is 10.6. The topological polar surface area (TPSA) is 41.1 Å². The van der Waals surface area contributed by atoms with Gasteiger partial charge < -0.3 is 4.57 Å². The molecule has 1 aromatic carbocycles. The Hall–Kier alpha value is -2.71. The minimum atomic E-state index is -0.243. The molecule has 2 heterocycles.